The third-order valence-electron chi connectivity index (χ3n) is 3.62. The number of nitrogens with zero attached hydrogens (tertiary/aromatic N) is 3. The molecule has 0 aromatic carbocycles. The minimum absolute atomic E-state index is 0.0742. The Labute approximate surface area is 131 Å². The van der Waals surface area contributed by atoms with Gasteiger partial charge in [0, 0.05) is 17.8 Å². The van der Waals surface area contributed by atoms with E-state index in [1.807, 2.05) is 4.40 Å². The van der Waals surface area contributed by atoms with Gasteiger partial charge in [-0.25, -0.2) is 0 Å². The Bertz CT molecular complexity index is 779. The van der Waals surface area contributed by atoms with E-state index >= 15 is 0 Å². The van der Waals surface area contributed by atoms with Crippen molar-refractivity contribution < 1.29 is 4.79 Å². The van der Waals surface area contributed by atoms with Crippen LogP contribution >= 0.6 is 11.8 Å². The number of aromatic amines is 1. The van der Waals surface area contributed by atoms with Crippen LogP contribution in [0.4, 0.5) is 0 Å². The van der Waals surface area contributed by atoms with Crippen molar-refractivity contribution in [1.82, 2.24) is 24.9 Å². The average molecular weight is 319 g/mol. The second-order valence-electron chi connectivity index (χ2n) is 5.11. The molecule has 0 saturated carbocycles. The summed E-state index contributed by atoms with van der Waals surface area (Å²) >= 11 is 1.31. The fourth-order valence-corrected chi connectivity index (χ4v) is 3.40. The molecule has 7 nitrogen and oxygen atoms in total. The monoisotopic (exact) mass is 319 g/mol. The van der Waals surface area contributed by atoms with Crippen LogP contribution in [-0.4, -0.2) is 37.8 Å². The number of carbonyl (C=O) groups excluding carboxylic acids is 1. The van der Waals surface area contributed by atoms with E-state index < -0.39 is 0 Å². The van der Waals surface area contributed by atoms with Crippen molar-refractivity contribution in [2.45, 2.75) is 30.8 Å². The number of H-pyrrole nitrogens is 1. The highest BCUT2D eigenvalue weighted by Crippen LogP contribution is 2.23. The van der Waals surface area contributed by atoms with E-state index in [0.717, 1.165) is 36.9 Å². The second-order valence-corrected chi connectivity index (χ2v) is 6.05. The van der Waals surface area contributed by atoms with Crippen LogP contribution in [0.1, 0.15) is 24.1 Å². The van der Waals surface area contributed by atoms with Crippen LogP contribution in [0.2, 0.25) is 0 Å². The molecule has 0 bridgehead atoms. The van der Waals surface area contributed by atoms with Crippen LogP contribution in [0.15, 0.2) is 22.6 Å². The highest BCUT2D eigenvalue weighted by atomic mass is 32.2. The largest absolute Gasteiger partial charge is 0.352 e. The van der Waals surface area contributed by atoms with Crippen LogP contribution in [0.3, 0.4) is 0 Å². The number of thioether (sulfide) groups is 1. The zero-order valence-corrected chi connectivity index (χ0v) is 12.9. The maximum absolute atomic E-state index is 12.1. The zero-order chi connectivity index (χ0) is 15.5. The number of carbonyl (C=O) groups is 1. The Morgan fingerprint density at radius 2 is 2.23 bits per heavy atom. The molecule has 0 saturated heterocycles. The standard InChI is InChI=1S/C14H17N5O2S/c1-2-7-15-11(20)8-22-14-18-17-13-16-12(21)9-5-3-4-6-10(9)19(13)14/h2H,1,3-8H2,(H,15,20)(H,16,17,21). The molecule has 2 N–H and O–H groups in total. The van der Waals surface area contributed by atoms with Crippen molar-refractivity contribution in [3.05, 3.63) is 34.3 Å². The SMILES string of the molecule is C=CCNC(=O)CSc1nnc2[nH]c(=O)c3c(n12)CCCC3. The minimum Gasteiger partial charge on any atom is -0.352 e. The van der Waals surface area contributed by atoms with Crippen molar-refractivity contribution in [3.8, 4) is 0 Å². The van der Waals surface area contributed by atoms with Crippen LogP contribution in [0, 0.1) is 0 Å². The molecule has 1 amide bonds. The summed E-state index contributed by atoms with van der Waals surface area (Å²) in [6.07, 6.45) is 5.33. The number of nitrogens with one attached hydrogen (secondary N) is 2. The number of rotatable bonds is 5. The molecule has 0 fully saturated rings. The van der Waals surface area contributed by atoms with Gasteiger partial charge in [0.15, 0.2) is 5.16 Å². The predicted molar refractivity (Wildman–Crippen MR) is 84.2 cm³/mol. The fraction of sp³-hybridized carbons (Fsp3) is 0.429. The third-order valence-corrected chi connectivity index (χ3v) is 4.55. The zero-order valence-electron chi connectivity index (χ0n) is 12.1. The highest BCUT2D eigenvalue weighted by Gasteiger charge is 2.20. The highest BCUT2D eigenvalue weighted by molar-refractivity contribution is 7.99. The summed E-state index contributed by atoms with van der Waals surface area (Å²) < 4.78 is 1.88. The van der Waals surface area contributed by atoms with E-state index in [1.54, 1.807) is 6.08 Å². The van der Waals surface area contributed by atoms with Gasteiger partial charge in [-0.3, -0.25) is 19.0 Å². The fourth-order valence-electron chi connectivity index (χ4n) is 2.61. The van der Waals surface area contributed by atoms with Crippen molar-refractivity contribution in [3.63, 3.8) is 0 Å². The summed E-state index contributed by atoms with van der Waals surface area (Å²) in [5.41, 5.74) is 1.72. The summed E-state index contributed by atoms with van der Waals surface area (Å²) in [6, 6.07) is 0. The molecule has 116 valence electrons. The van der Waals surface area contributed by atoms with Gasteiger partial charge in [-0.15, -0.1) is 16.8 Å². The smallest absolute Gasteiger partial charge is 0.255 e. The van der Waals surface area contributed by atoms with Gasteiger partial charge >= 0.3 is 0 Å². The van der Waals surface area contributed by atoms with Gasteiger partial charge in [0.05, 0.1) is 5.75 Å². The van der Waals surface area contributed by atoms with Crippen LogP contribution in [-0.2, 0) is 17.6 Å². The van der Waals surface area contributed by atoms with Crippen molar-refractivity contribution in [2.75, 3.05) is 12.3 Å². The Kier molecular flexibility index (Phi) is 4.28. The Morgan fingerprint density at radius 1 is 1.41 bits per heavy atom. The molecule has 1 aliphatic rings. The molecule has 2 heterocycles. The first kappa shape index (κ1) is 14.8. The lowest BCUT2D eigenvalue weighted by molar-refractivity contribution is -0.118. The van der Waals surface area contributed by atoms with E-state index in [4.69, 9.17) is 0 Å². The first-order chi connectivity index (χ1) is 10.7. The van der Waals surface area contributed by atoms with E-state index in [-0.39, 0.29) is 17.2 Å². The molecule has 1 aliphatic carbocycles. The normalized spacial score (nSPS) is 13.8. The van der Waals surface area contributed by atoms with E-state index in [9.17, 15) is 9.59 Å². The summed E-state index contributed by atoms with van der Waals surface area (Å²) in [5, 5.41) is 11.5. The molecular weight excluding hydrogens is 302 g/mol. The van der Waals surface area contributed by atoms with Crippen molar-refractivity contribution >= 4 is 23.4 Å². The Hall–Kier alpha value is -2.09. The number of aryl methyl sites for hydroxylation is 1. The summed E-state index contributed by atoms with van der Waals surface area (Å²) in [4.78, 5) is 26.5. The van der Waals surface area contributed by atoms with Gasteiger partial charge in [-0.2, -0.15) is 0 Å². The molecule has 0 unspecified atom stereocenters. The van der Waals surface area contributed by atoms with Crippen LogP contribution in [0.25, 0.3) is 5.78 Å². The number of aromatic nitrogens is 4. The predicted octanol–water partition coefficient (Wildman–Crippen LogP) is 0.691. The lowest BCUT2D eigenvalue weighted by atomic mass is 9.97. The lowest BCUT2D eigenvalue weighted by Gasteiger charge is -2.16. The quantitative estimate of drug-likeness (QED) is 0.625. The van der Waals surface area contributed by atoms with E-state index in [2.05, 4.69) is 27.1 Å². The Morgan fingerprint density at radius 3 is 3.05 bits per heavy atom. The number of hydrogen-bond acceptors (Lipinski definition) is 5. The molecule has 0 aliphatic heterocycles. The van der Waals surface area contributed by atoms with Gasteiger partial charge in [-0.05, 0) is 25.7 Å². The first-order valence-corrected chi connectivity index (χ1v) is 8.19. The van der Waals surface area contributed by atoms with Crippen LogP contribution < -0.4 is 10.9 Å². The number of amides is 1. The van der Waals surface area contributed by atoms with Gasteiger partial charge < -0.3 is 5.32 Å². The van der Waals surface area contributed by atoms with Crippen LogP contribution in [0.5, 0.6) is 0 Å². The number of hydrogen-bond donors (Lipinski definition) is 2. The average Bonchev–Trinajstić information content (AvgIpc) is 2.94. The van der Waals surface area contributed by atoms with E-state index in [0.29, 0.717) is 17.5 Å². The minimum atomic E-state index is -0.0834. The van der Waals surface area contributed by atoms with E-state index in [1.165, 1.54) is 11.8 Å². The maximum atomic E-state index is 12.1. The molecule has 0 spiro atoms. The van der Waals surface area contributed by atoms with Gasteiger partial charge in [0.1, 0.15) is 0 Å². The number of fused-ring (bicyclic) bond motifs is 3. The topological polar surface area (TPSA) is 92.2 Å². The maximum Gasteiger partial charge on any atom is 0.255 e. The molecular formula is C14H17N5O2S. The van der Waals surface area contributed by atoms with Crippen molar-refractivity contribution in [2.24, 2.45) is 0 Å². The molecule has 0 radical (unpaired) electrons. The van der Waals surface area contributed by atoms with Gasteiger partial charge in [0.2, 0.25) is 11.7 Å². The molecule has 8 heteroatoms. The molecule has 22 heavy (non-hydrogen) atoms. The third kappa shape index (κ3) is 2.78. The van der Waals surface area contributed by atoms with Crippen molar-refractivity contribution in [1.29, 1.82) is 0 Å². The molecule has 0 atom stereocenters. The van der Waals surface area contributed by atoms with Gasteiger partial charge in [0.25, 0.3) is 5.56 Å². The summed E-state index contributed by atoms with van der Waals surface area (Å²) in [6.45, 7) is 4.01. The Balaban J connectivity index is 1.89. The molecule has 2 aromatic rings. The lowest BCUT2D eigenvalue weighted by Crippen LogP contribution is -2.25. The first-order valence-electron chi connectivity index (χ1n) is 7.20. The molecule has 3 rings (SSSR count). The summed E-state index contributed by atoms with van der Waals surface area (Å²) in [7, 11) is 0. The summed E-state index contributed by atoms with van der Waals surface area (Å²) in [5.74, 6) is 0.613. The molecule has 2 aromatic heterocycles. The second kappa shape index (κ2) is 6.35. The van der Waals surface area contributed by atoms with Gasteiger partial charge in [-0.1, -0.05) is 17.8 Å².